The van der Waals surface area contributed by atoms with E-state index in [9.17, 15) is 14.4 Å². The zero-order valence-electron chi connectivity index (χ0n) is 15.9. The molecule has 4 rings (SSSR count). The van der Waals surface area contributed by atoms with Crippen molar-refractivity contribution in [2.75, 3.05) is 0 Å². The fourth-order valence-corrected chi connectivity index (χ4v) is 4.79. The molecule has 0 spiro atoms. The van der Waals surface area contributed by atoms with Crippen molar-refractivity contribution < 1.29 is 4.79 Å². The second-order valence-electron chi connectivity index (χ2n) is 7.98. The Hall–Kier alpha value is -2.13. The third kappa shape index (κ3) is 3.86. The Labute approximate surface area is 167 Å². The normalized spacial score (nSPS) is 26.6. The second kappa shape index (κ2) is 8.08. The molecule has 2 aliphatic carbocycles. The first kappa shape index (κ1) is 20.6. The summed E-state index contributed by atoms with van der Waals surface area (Å²) in [6.45, 7) is 0. The van der Waals surface area contributed by atoms with Gasteiger partial charge in [0.15, 0.2) is 5.65 Å². The van der Waals surface area contributed by atoms with Crippen LogP contribution in [0.15, 0.2) is 9.59 Å². The van der Waals surface area contributed by atoms with Gasteiger partial charge in [0.05, 0.1) is 0 Å². The van der Waals surface area contributed by atoms with Gasteiger partial charge in [0.25, 0.3) is 5.56 Å². The number of nitrogens with one attached hydrogen (secondary N) is 3. The summed E-state index contributed by atoms with van der Waals surface area (Å²) in [6, 6.07) is 0.485. The predicted octanol–water partition coefficient (Wildman–Crippen LogP) is 0.327. The number of hydrogen-bond donors (Lipinski definition) is 4. The highest BCUT2D eigenvalue weighted by Gasteiger charge is 2.39. The van der Waals surface area contributed by atoms with Gasteiger partial charge in [0, 0.05) is 32.0 Å². The molecule has 2 unspecified atom stereocenters. The summed E-state index contributed by atoms with van der Waals surface area (Å²) >= 11 is 0. The molecule has 2 heterocycles. The number of carbonyl (C=O) groups is 1. The van der Waals surface area contributed by atoms with Crippen LogP contribution >= 0.6 is 12.4 Å². The average Bonchev–Trinajstić information content (AvgIpc) is 3.04. The first-order valence-electron chi connectivity index (χ1n) is 9.65. The van der Waals surface area contributed by atoms with E-state index in [0.717, 1.165) is 25.7 Å². The third-order valence-electron chi connectivity index (χ3n) is 6.10. The smallest absolute Gasteiger partial charge is 0.329 e. The number of carbonyl (C=O) groups excluding carboxylic acids is 1. The summed E-state index contributed by atoms with van der Waals surface area (Å²) in [5, 5.41) is 3.22. The van der Waals surface area contributed by atoms with Crippen LogP contribution in [0.2, 0.25) is 0 Å². The van der Waals surface area contributed by atoms with Crippen molar-refractivity contribution >= 4 is 29.5 Å². The Morgan fingerprint density at radius 2 is 1.93 bits per heavy atom. The van der Waals surface area contributed by atoms with Crippen molar-refractivity contribution in [3.05, 3.63) is 26.7 Å². The molecule has 0 radical (unpaired) electrons. The van der Waals surface area contributed by atoms with Gasteiger partial charge in [-0.25, -0.2) is 9.78 Å². The third-order valence-corrected chi connectivity index (χ3v) is 6.10. The fourth-order valence-electron chi connectivity index (χ4n) is 4.79. The van der Waals surface area contributed by atoms with Gasteiger partial charge in [-0.05, 0) is 37.5 Å². The van der Waals surface area contributed by atoms with Gasteiger partial charge >= 0.3 is 5.69 Å². The monoisotopic (exact) mass is 410 g/mol. The maximum atomic E-state index is 12.5. The van der Waals surface area contributed by atoms with Gasteiger partial charge in [-0.15, -0.1) is 12.4 Å². The summed E-state index contributed by atoms with van der Waals surface area (Å²) < 4.78 is 1.28. The molecule has 2 aromatic rings. The van der Waals surface area contributed by atoms with Gasteiger partial charge in [-0.3, -0.25) is 19.1 Å². The van der Waals surface area contributed by atoms with Gasteiger partial charge < -0.3 is 16.0 Å². The van der Waals surface area contributed by atoms with E-state index in [2.05, 4.69) is 20.3 Å². The Kier molecular flexibility index (Phi) is 5.95. The molecule has 5 N–H and O–H groups in total. The number of fused-ring (bicyclic) bond motifs is 3. The molecule has 0 aliphatic heterocycles. The molecule has 2 bridgehead atoms. The lowest BCUT2D eigenvalue weighted by molar-refractivity contribution is -0.123. The highest BCUT2D eigenvalue weighted by Crippen LogP contribution is 2.39. The number of imidazole rings is 1. The maximum absolute atomic E-state index is 12.5. The van der Waals surface area contributed by atoms with Crippen molar-refractivity contribution in [1.82, 2.24) is 24.8 Å². The minimum absolute atomic E-state index is 0. The molecule has 2 saturated carbocycles. The first-order chi connectivity index (χ1) is 12.9. The van der Waals surface area contributed by atoms with E-state index >= 15 is 0 Å². The van der Waals surface area contributed by atoms with E-state index < -0.39 is 11.2 Å². The van der Waals surface area contributed by atoms with Gasteiger partial charge in [0.2, 0.25) is 5.91 Å². The van der Waals surface area contributed by atoms with E-state index in [1.165, 1.54) is 11.0 Å². The number of halogens is 1. The van der Waals surface area contributed by atoms with Crippen LogP contribution < -0.4 is 22.3 Å². The number of aryl methyl sites for hydroxylation is 2. The minimum Gasteiger partial charge on any atom is -0.353 e. The molecule has 10 heteroatoms. The molecule has 28 heavy (non-hydrogen) atoms. The van der Waals surface area contributed by atoms with Crippen molar-refractivity contribution in [3.8, 4) is 0 Å². The van der Waals surface area contributed by atoms with E-state index in [0.29, 0.717) is 29.7 Å². The zero-order valence-corrected chi connectivity index (χ0v) is 16.7. The molecular formula is C18H27ClN6O3. The summed E-state index contributed by atoms with van der Waals surface area (Å²) in [4.78, 5) is 45.5. The quantitative estimate of drug-likeness (QED) is 0.575. The Balaban J connectivity index is 0.00000225. The van der Waals surface area contributed by atoms with Crippen LogP contribution in [0.1, 0.15) is 44.3 Å². The van der Waals surface area contributed by atoms with Crippen LogP contribution in [0.5, 0.6) is 0 Å². The van der Waals surface area contributed by atoms with Crippen LogP contribution in [0.25, 0.3) is 11.2 Å². The van der Waals surface area contributed by atoms with Gasteiger partial charge in [-0.2, -0.15) is 0 Å². The zero-order chi connectivity index (χ0) is 19.1. The number of nitrogens with two attached hydrogens (primary N) is 1. The number of hydrogen-bond acceptors (Lipinski definition) is 5. The molecule has 9 nitrogen and oxygen atoms in total. The molecular weight excluding hydrogens is 384 g/mol. The second-order valence-corrected chi connectivity index (χ2v) is 7.98. The maximum Gasteiger partial charge on any atom is 0.329 e. The number of rotatable bonds is 4. The standard InChI is InChI=1S/C18H26N6O3.ClH/c1-24-16-15(17(26)23-18(24)27)20-12(21-16)5-6-13(25)22-14-9-3-2-4-10(14)8-11(19)7-9;/h9-11,14H,2-8,19H2,1H3,(H,20,21)(H,22,25)(H,23,26,27);1H. The fraction of sp³-hybridized carbons (Fsp3) is 0.667. The van der Waals surface area contributed by atoms with Crippen LogP contribution in [0.4, 0.5) is 0 Å². The van der Waals surface area contributed by atoms with Crippen molar-refractivity contribution in [2.45, 2.75) is 57.0 Å². The molecule has 2 fully saturated rings. The summed E-state index contributed by atoms with van der Waals surface area (Å²) in [5.41, 5.74) is 5.69. The molecule has 0 saturated heterocycles. The highest BCUT2D eigenvalue weighted by atomic mass is 35.5. The Morgan fingerprint density at radius 3 is 2.61 bits per heavy atom. The molecule has 154 valence electrons. The van der Waals surface area contributed by atoms with Crippen molar-refractivity contribution in [1.29, 1.82) is 0 Å². The topological polar surface area (TPSA) is 139 Å². The number of nitrogens with zero attached hydrogens (tertiary/aromatic N) is 2. The van der Waals surface area contributed by atoms with E-state index in [4.69, 9.17) is 5.73 Å². The Bertz CT molecular complexity index is 966. The highest BCUT2D eigenvalue weighted by molar-refractivity contribution is 5.85. The molecule has 2 atom stereocenters. The average molecular weight is 411 g/mol. The summed E-state index contributed by atoms with van der Waals surface area (Å²) in [7, 11) is 1.55. The van der Waals surface area contributed by atoms with E-state index in [1.807, 2.05) is 0 Å². The number of amides is 1. The van der Waals surface area contributed by atoms with Gasteiger partial charge in [0.1, 0.15) is 11.3 Å². The largest absolute Gasteiger partial charge is 0.353 e. The molecule has 2 aromatic heterocycles. The van der Waals surface area contributed by atoms with Crippen LogP contribution in [-0.2, 0) is 18.3 Å². The van der Waals surface area contributed by atoms with Crippen LogP contribution in [0, 0.1) is 11.8 Å². The lowest BCUT2D eigenvalue weighted by atomic mass is 9.67. The lowest BCUT2D eigenvalue weighted by Crippen LogP contribution is -2.53. The minimum atomic E-state index is -0.509. The molecule has 2 aliphatic rings. The SMILES string of the molecule is Cl.Cn1c(=O)[nH]c(=O)c2[nH]c(CCC(=O)NC3C4CCCC3CC(N)C4)nc21. The van der Waals surface area contributed by atoms with Gasteiger partial charge in [-0.1, -0.05) is 6.42 Å². The predicted molar refractivity (Wildman–Crippen MR) is 107 cm³/mol. The van der Waals surface area contributed by atoms with Crippen molar-refractivity contribution in [3.63, 3.8) is 0 Å². The van der Waals surface area contributed by atoms with Crippen molar-refractivity contribution in [2.24, 2.45) is 24.6 Å². The Morgan fingerprint density at radius 1 is 1.25 bits per heavy atom. The number of aromatic amines is 2. The molecule has 1 amide bonds. The lowest BCUT2D eigenvalue weighted by Gasteiger charge is -2.45. The number of aromatic nitrogens is 4. The van der Waals surface area contributed by atoms with E-state index in [1.54, 1.807) is 7.05 Å². The van der Waals surface area contributed by atoms with Crippen LogP contribution in [-0.4, -0.2) is 37.5 Å². The first-order valence-corrected chi connectivity index (χ1v) is 9.65. The molecule has 0 aromatic carbocycles. The van der Waals surface area contributed by atoms with Crippen LogP contribution in [0.3, 0.4) is 0 Å². The summed E-state index contributed by atoms with van der Waals surface area (Å²) in [5.74, 6) is 1.49. The van der Waals surface area contributed by atoms with E-state index in [-0.39, 0.29) is 42.3 Å². The summed E-state index contributed by atoms with van der Waals surface area (Å²) in [6.07, 6.45) is 6.14. The number of H-pyrrole nitrogens is 2.